The van der Waals surface area contributed by atoms with Gasteiger partial charge in [-0.25, -0.2) is 0 Å². The van der Waals surface area contributed by atoms with Crippen molar-refractivity contribution in [1.82, 2.24) is 4.90 Å². The van der Waals surface area contributed by atoms with Crippen molar-refractivity contribution < 1.29 is 0 Å². The van der Waals surface area contributed by atoms with E-state index in [-0.39, 0.29) is 5.41 Å². The standard InChI is InChI=1S/C14H26N2S/c1-14(2,13(15)17)8-3-9-16(12-6-7-12)10-11-4-5-11/h11-12H,3-10H2,1-2H3,(H2,15,17). The van der Waals surface area contributed by atoms with E-state index in [0.717, 1.165) is 18.4 Å². The molecule has 2 fully saturated rings. The molecule has 2 aliphatic rings. The molecule has 0 saturated heterocycles. The third-order valence-electron chi connectivity index (χ3n) is 4.17. The molecule has 0 spiro atoms. The molecule has 0 aromatic carbocycles. The van der Waals surface area contributed by atoms with Crippen molar-refractivity contribution in [2.45, 2.75) is 58.4 Å². The van der Waals surface area contributed by atoms with Crippen LogP contribution in [-0.4, -0.2) is 29.0 Å². The highest BCUT2D eigenvalue weighted by Crippen LogP contribution is 2.35. The van der Waals surface area contributed by atoms with E-state index in [1.807, 2.05) is 0 Å². The number of hydrogen-bond donors (Lipinski definition) is 1. The lowest BCUT2D eigenvalue weighted by Gasteiger charge is -2.26. The van der Waals surface area contributed by atoms with E-state index in [1.165, 1.54) is 45.2 Å². The summed E-state index contributed by atoms with van der Waals surface area (Å²) in [5.41, 5.74) is 5.80. The molecule has 0 unspecified atom stereocenters. The number of nitrogens with zero attached hydrogens (tertiary/aromatic N) is 1. The Morgan fingerprint density at radius 2 is 1.94 bits per heavy atom. The first-order chi connectivity index (χ1) is 7.99. The van der Waals surface area contributed by atoms with Crippen molar-refractivity contribution in [3.05, 3.63) is 0 Å². The van der Waals surface area contributed by atoms with E-state index in [2.05, 4.69) is 18.7 Å². The zero-order valence-corrected chi connectivity index (χ0v) is 12.1. The predicted molar refractivity (Wildman–Crippen MR) is 77.1 cm³/mol. The first kappa shape index (κ1) is 13.3. The highest BCUT2D eigenvalue weighted by Gasteiger charge is 2.33. The Morgan fingerprint density at radius 1 is 1.29 bits per heavy atom. The van der Waals surface area contributed by atoms with Gasteiger partial charge >= 0.3 is 0 Å². The SMILES string of the molecule is CC(C)(CCCN(CC1CC1)C1CC1)C(N)=S. The van der Waals surface area contributed by atoms with Gasteiger partial charge in [-0.3, -0.25) is 0 Å². The number of thiocarbonyl (C=S) groups is 1. The topological polar surface area (TPSA) is 29.3 Å². The molecule has 0 heterocycles. The molecule has 17 heavy (non-hydrogen) atoms. The molecule has 0 aromatic rings. The molecule has 2 nitrogen and oxygen atoms in total. The molecule has 2 aliphatic carbocycles. The first-order valence-corrected chi connectivity index (χ1v) is 7.44. The summed E-state index contributed by atoms with van der Waals surface area (Å²) in [5, 5.41) is 0. The van der Waals surface area contributed by atoms with E-state index >= 15 is 0 Å². The summed E-state index contributed by atoms with van der Waals surface area (Å²) in [6, 6.07) is 0.906. The summed E-state index contributed by atoms with van der Waals surface area (Å²) >= 11 is 5.12. The Kier molecular flexibility index (Phi) is 4.09. The predicted octanol–water partition coefficient (Wildman–Crippen LogP) is 2.95. The van der Waals surface area contributed by atoms with Crippen LogP contribution in [0.25, 0.3) is 0 Å². The van der Waals surface area contributed by atoms with Crippen LogP contribution in [0.5, 0.6) is 0 Å². The quantitative estimate of drug-likeness (QED) is 0.675. The van der Waals surface area contributed by atoms with Crippen molar-refractivity contribution in [2.75, 3.05) is 13.1 Å². The molecular formula is C14H26N2S. The van der Waals surface area contributed by atoms with Gasteiger partial charge in [0.15, 0.2) is 0 Å². The van der Waals surface area contributed by atoms with Gasteiger partial charge in [0.25, 0.3) is 0 Å². The van der Waals surface area contributed by atoms with Gasteiger partial charge in [0.2, 0.25) is 0 Å². The molecule has 0 atom stereocenters. The number of hydrogen-bond acceptors (Lipinski definition) is 2. The number of nitrogens with two attached hydrogens (primary N) is 1. The van der Waals surface area contributed by atoms with Crippen molar-refractivity contribution in [3.63, 3.8) is 0 Å². The maximum Gasteiger partial charge on any atom is 0.0784 e. The average Bonchev–Trinajstić information content (AvgIpc) is 3.10. The molecule has 0 aromatic heterocycles. The molecule has 2 saturated carbocycles. The summed E-state index contributed by atoms with van der Waals surface area (Å²) in [7, 11) is 0. The van der Waals surface area contributed by atoms with Crippen LogP contribution in [0.15, 0.2) is 0 Å². The summed E-state index contributed by atoms with van der Waals surface area (Å²) in [6.45, 7) is 6.92. The molecule has 98 valence electrons. The first-order valence-electron chi connectivity index (χ1n) is 7.03. The van der Waals surface area contributed by atoms with Gasteiger partial charge in [0.05, 0.1) is 4.99 Å². The molecule has 0 amide bonds. The largest absolute Gasteiger partial charge is 0.393 e. The third-order valence-corrected chi connectivity index (χ3v) is 4.72. The van der Waals surface area contributed by atoms with Crippen molar-refractivity contribution in [2.24, 2.45) is 17.1 Å². The van der Waals surface area contributed by atoms with E-state index in [9.17, 15) is 0 Å². The van der Waals surface area contributed by atoms with E-state index < -0.39 is 0 Å². The number of rotatable bonds is 8. The fourth-order valence-electron chi connectivity index (χ4n) is 2.34. The van der Waals surface area contributed by atoms with Gasteiger partial charge in [-0.05, 0) is 51.0 Å². The van der Waals surface area contributed by atoms with Crippen LogP contribution in [0.1, 0.15) is 52.4 Å². The summed E-state index contributed by atoms with van der Waals surface area (Å²) in [6.07, 6.45) is 8.11. The fraction of sp³-hybridized carbons (Fsp3) is 0.929. The molecule has 2 rings (SSSR count). The Morgan fingerprint density at radius 3 is 2.41 bits per heavy atom. The minimum Gasteiger partial charge on any atom is -0.393 e. The zero-order chi connectivity index (χ0) is 12.5. The highest BCUT2D eigenvalue weighted by molar-refractivity contribution is 7.80. The molecule has 2 N–H and O–H groups in total. The van der Waals surface area contributed by atoms with Gasteiger partial charge in [-0.15, -0.1) is 0 Å². The highest BCUT2D eigenvalue weighted by atomic mass is 32.1. The Labute approximate surface area is 111 Å². The van der Waals surface area contributed by atoms with Gasteiger partial charge in [0.1, 0.15) is 0 Å². The van der Waals surface area contributed by atoms with Gasteiger partial charge in [-0.1, -0.05) is 26.1 Å². The monoisotopic (exact) mass is 254 g/mol. The fourth-order valence-corrected chi connectivity index (χ4v) is 2.44. The Balaban J connectivity index is 1.69. The van der Waals surface area contributed by atoms with Gasteiger partial charge in [0, 0.05) is 18.0 Å². The van der Waals surface area contributed by atoms with Crippen molar-refractivity contribution in [1.29, 1.82) is 0 Å². The average molecular weight is 254 g/mol. The van der Waals surface area contributed by atoms with Crippen LogP contribution in [0.2, 0.25) is 0 Å². The smallest absolute Gasteiger partial charge is 0.0784 e. The minimum absolute atomic E-state index is 0.0319. The van der Waals surface area contributed by atoms with Crippen molar-refractivity contribution in [3.8, 4) is 0 Å². The van der Waals surface area contributed by atoms with Crippen LogP contribution in [-0.2, 0) is 0 Å². The Hall–Kier alpha value is -0.150. The summed E-state index contributed by atoms with van der Waals surface area (Å²) < 4.78 is 0. The van der Waals surface area contributed by atoms with E-state index in [0.29, 0.717) is 4.99 Å². The van der Waals surface area contributed by atoms with Crippen LogP contribution >= 0.6 is 12.2 Å². The molecule has 0 radical (unpaired) electrons. The van der Waals surface area contributed by atoms with E-state index in [1.54, 1.807) is 0 Å². The van der Waals surface area contributed by atoms with Crippen LogP contribution in [0, 0.1) is 11.3 Å². The van der Waals surface area contributed by atoms with Crippen LogP contribution in [0.4, 0.5) is 0 Å². The minimum atomic E-state index is 0.0319. The van der Waals surface area contributed by atoms with E-state index in [4.69, 9.17) is 18.0 Å². The second-order valence-corrected chi connectivity index (χ2v) is 6.96. The molecular weight excluding hydrogens is 228 g/mol. The summed E-state index contributed by atoms with van der Waals surface area (Å²) in [4.78, 5) is 3.38. The Bertz CT molecular complexity index is 280. The molecule has 0 aliphatic heterocycles. The molecule has 0 bridgehead atoms. The van der Waals surface area contributed by atoms with Gasteiger partial charge < -0.3 is 10.6 Å². The lowest BCUT2D eigenvalue weighted by Crippen LogP contribution is -2.33. The van der Waals surface area contributed by atoms with Gasteiger partial charge in [-0.2, -0.15) is 0 Å². The second-order valence-electron chi connectivity index (χ2n) is 6.52. The van der Waals surface area contributed by atoms with Crippen LogP contribution < -0.4 is 5.73 Å². The second kappa shape index (κ2) is 5.23. The van der Waals surface area contributed by atoms with Crippen LogP contribution in [0.3, 0.4) is 0 Å². The third kappa shape index (κ3) is 4.22. The van der Waals surface area contributed by atoms with Crippen molar-refractivity contribution >= 4 is 17.2 Å². The normalized spacial score (nSPS) is 20.9. The lowest BCUT2D eigenvalue weighted by atomic mass is 9.88. The zero-order valence-electron chi connectivity index (χ0n) is 11.2. The molecule has 3 heteroatoms. The summed E-state index contributed by atoms with van der Waals surface area (Å²) in [5.74, 6) is 1.01. The maximum atomic E-state index is 5.77. The lowest BCUT2D eigenvalue weighted by molar-refractivity contribution is 0.239. The maximum absolute atomic E-state index is 5.77.